The molecule has 0 aromatic heterocycles. The molecule has 18 heavy (non-hydrogen) atoms. The fourth-order valence-electron chi connectivity index (χ4n) is 1.64. The average molecular weight is 244 g/mol. The number of amidine groups is 1. The lowest BCUT2D eigenvalue weighted by atomic mass is 10.1. The SMILES string of the molecule is Cc1cccc(C(=N)N)c1Oc1ccccc1F. The smallest absolute Gasteiger partial charge is 0.165 e. The zero-order valence-electron chi connectivity index (χ0n) is 9.91. The van der Waals surface area contributed by atoms with E-state index < -0.39 is 5.82 Å². The molecule has 0 amide bonds. The van der Waals surface area contributed by atoms with Gasteiger partial charge < -0.3 is 10.5 Å². The molecule has 0 radical (unpaired) electrons. The highest BCUT2D eigenvalue weighted by Gasteiger charge is 2.12. The van der Waals surface area contributed by atoms with Crippen molar-refractivity contribution in [1.82, 2.24) is 0 Å². The summed E-state index contributed by atoms with van der Waals surface area (Å²) in [6.45, 7) is 1.82. The molecule has 0 bridgehead atoms. The maximum absolute atomic E-state index is 13.5. The Bertz CT molecular complexity index is 596. The zero-order valence-corrected chi connectivity index (χ0v) is 9.91. The number of nitrogens with one attached hydrogen (secondary N) is 1. The van der Waals surface area contributed by atoms with Crippen molar-refractivity contribution in [1.29, 1.82) is 5.41 Å². The molecule has 0 spiro atoms. The maximum atomic E-state index is 13.5. The van der Waals surface area contributed by atoms with E-state index >= 15 is 0 Å². The van der Waals surface area contributed by atoms with Gasteiger partial charge in [0.15, 0.2) is 11.6 Å². The summed E-state index contributed by atoms with van der Waals surface area (Å²) in [5.74, 6) is -0.0234. The number of hydrogen-bond donors (Lipinski definition) is 2. The summed E-state index contributed by atoms with van der Waals surface area (Å²) in [4.78, 5) is 0. The molecule has 92 valence electrons. The highest BCUT2D eigenvalue weighted by molar-refractivity contribution is 5.98. The van der Waals surface area contributed by atoms with E-state index in [-0.39, 0.29) is 11.6 Å². The van der Waals surface area contributed by atoms with Gasteiger partial charge in [-0.15, -0.1) is 0 Å². The van der Waals surface area contributed by atoms with Crippen molar-refractivity contribution in [2.24, 2.45) is 5.73 Å². The first kappa shape index (κ1) is 12.1. The number of para-hydroxylation sites is 2. The summed E-state index contributed by atoms with van der Waals surface area (Å²) < 4.78 is 19.1. The second-order valence-electron chi connectivity index (χ2n) is 3.90. The van der Waals surface area contributed by atoms with E-state index in [9.17, 15) is 4.39 Å². The molecule has 3 nitrogen and oxygen atoms in total. The number of hydrogen-bond acceptors (Lipinski definition) is 2. The Hall–Kier alpha value is -2.36. The highest BCUT2D eigenvalue weighted by atomic mass is 19.1. The number of halogens is 1. The first-order chi connectivity index (χ1) is 8.59. The summed E-state index contributed by atoms with van der Waals surface area (Å²) in [5.41, 5.74) is 6.74. The Kier molecular flexibility index (Phi) is 3.28. The summed E-state index contributed by atoms with van der Waals surface area (Å²) in [5, 5.41) is 7.50. The molecular formula is C14H13FN2O. The van der Waals surface area contributed by atoms with Gasteiger partial charge in [-0.3, -0.25) is 5.41 Å². The largest absolute Gasteiger partial charge is 0.453 e. The zero-order chi connectivity index (χ0) is 13.1. The summed E-state index contributed by atoms with van der Waals surface area (Å²) in [6, 6.07) is 11.4. The molecule has 2 rings (SSSR count). The number of nitrogens with two attached hydrogens (primary N) is 1. The van der Waals surface area contributed by atoms with Crippen LogP contribution in [0.2, 0.25) is 0 Å². The normalized spacial score (nSPS) is 10.1. The quantitative estimate of drug-likeness (QED) is 0.643. The van der Waals surface area contributed by atoms with Gasteiger partial charge in [0.1, 0.15) is 11.6 Å². The number of nitrogen functional groups attached to an aromatic ring is 1. The van der Waals surface area contributed by atoms with Crippen molar-refractivity contribution in [2.75, 3.05) is 0 Å². The molecule has 0 aliphatic heterocycles. The molecule has 0 aliphatic carbocycles. The predicted octanol–water partition coefficient (Wildman–Crippen LogP) is 3.21. The van der Waals surface area contributed by atoms with Crippen LogP contribution in [0.3, 0.4) is 0 Å². The van der Waals surface area contributed by atoms with Gasteiger partial charge in [0.25, 0.3) is 0 Å². The van der Waals surface area contributed by atoms with Gasteiger partial charge in [0.05, 0.1) is 5.56 Å². The third-order valence-electron chi connectivity index (χ3n) is 2.55. The van der Waals surface area contributed by atoms with Crippen LogP contribution in [0.1, 0.15) is 11.1 Å². The number of ether oxygens (including phenoxy) is 1. The van der Waals surface area contributed by atoms with Crippen LogP contribution in [0, 0.1) is 18.2 Å². The van der Waals surface area contributed by atoms with Gasteiger partial charge in [0.2, 0.25) is 0 Å². The van der Waals surface area contributed by atoms with E-state index in [4.69, 9.17) is 15.9 Å². The van der Waals surface area contributed by atoms with E-state index in [0.29, 0.717) is 11.3 Å². The Morgan fingerprint density at radius 2 is 1.89 bits per heavy atom. The van der Waals surface area contributed by atoms with E-state index in [1.54, 1.807) is 24.3 Å². The Balaban J connectivity index is 2.46. The van der Waals surface area contributed by atoms with Crippen LogP contribution in [-0.4, -0.2) is 5.84 Å². The van der Waals surface area contributed by atoms with Crippen LogP contribution in [0.25, 0.3) is 0 Å². The lowest BCUT2D eigenvalue weighted by Crippen LogP contribution is -2.13. The van der Waals surface area contributed by atoms with Gasteiger partial charge in [-0.1, -0.05) is 24.3 Å². The molecule has 4 heteroatoms. The van der Waals surface area contributed by atoms with Crippen molar-refractivity contribution >= 4 is 5.84 Å². The molecule has 0 aliphatic rings. The third-order valence-corrected chi connectivity index (χ3v) is 2.55. The number of aryl methyl sites for hydroxylation is 1. The molecule has 0 saturated carbocycles. The predicted molar refractivity (Wildman–Crippen MR) is 68.7 cm³/mol. The summed E-state index contributed by atoms with van der Waals surface area (Å²) in [6.07, 6.45) is 0. The monoisotopic (exact) mass is 244 g/mol. The summed E-state index contributed by atoms with van der Waals surface area (Å²) >= 11 is 0. The number of benzene rings is 2. The topological polar surface area (TPSA) is 59.1 Å². The molecule has 2 aromatic rings. The van der Waals surface area contributed by atoms with Gasteiger partial charge in [-0.2, -0.15) is 0 Å². The molecule has 0 atom stereocenters. The van der Waals surface area contributed by atoms with Crippen LogP contribution < -0.4 is 10.5 Å². The van der Waals surface area contributed by atoms with E-state index in [0.717, 1.165) is 5.56 Å². The van der Waals surface area contributed by atoms with Crippen LogP contribution in [0.15, 0.2) is 42.5 Å². The molecule has 3 N–H and O–H groups in total. The molecule has 0 saturated heterocycles. The van der Waals surface area contributed by atoms with Crippen LogP contribution in [-0.2, 0) is 0 Å². The van der Waals surface area contributed by atoms with Crippen molar-refractivity contribution in [2.45, 2.75) is 6.92 Å². The first-order valence-corrected chi connectivity index (χ1v) is 5.46. The lowest BCUT2D eigenvalue weighted by Gasteiger charge is -2.13. The molecule has 2 aromatic carbocycles. The second-order valence-corrected chi connectivity index (χ2v) is 3.90. The minimum Gasteiger partial charge on any atom is -0.453 e. The minimum absolute atomic E-state index is 0.106. The van der Waals surface area contributed by atoms with E-state index in [1.807, 2.05) is 13.0 Å². The number of rotatable bonds is 3. The molecule has 0 unspecified atom stereocenters. The van der Waals surface area contributed by atoms with Crippen molar-refractivity contribution in [3.05, 3.63) is 59.4 Å². The molecule has 0 fully saturated rings. The van der Waals surface area contributed by atoms with Gasteiger partial charge >= 0.3 is 0 Å². The fraction of sp³-hybridized carbons (Fsp3) is 0.0714. The minimum atomic E-state index is -0.449. The van der Waals surface area contributed by atoms with Gasteiger partial charge in [-0.05, 0) is 30.7 Å². The standard InChI is InChI=1S/C14H13FN2O/c1-9-5-4-6-10(14(16)17)13(9)18-12-8-3-2-7-11(12)15/h2-8H,1H3,(H3,16,17). The Morgan fingerprint density at radius 1 is 1.17 bits per heavy atom. The average Bonchev–Trinajstić information content (AvgIpc) is 2.34. The summed E-state index contributed by atoms with van der Waals surface area (Å²) in [7, 11) is 0. The fourth-order valence-corrected chi connectivity index (χ4v) is 1.64. The van der Waals surface area contributed by atoms with Gasteiger partial charge in [0, 0.05) is 0 Å². The molecule has 0 heterocycles. The third kappa shape index (κ3) is 2.32. The lowest BCUT2D eigenvalue weighted by molar-refractivity contribution is 0.439. The second kappa shape index (κ2) is 4.87. The van der Waals surface area contributed by atoms with Crippen molar-refractivity contribution in [3.8, 4) is 11.5 Å². The first-order valence-electron chi connectivity index (χ1n) is 5.46. The van der Waals surface area contributed by atoms with Crippen LogP contribution in [0.4, 0.5) is 4.39 Å². The maximum Gasteiger partial charge on any atom is 0.165 e. The van der Waals surface area contributed by atoms with Crippen LogP contribution >= 0.6 is 0 Å². The van der Waals surface area contributed by atoms with E-state index in [1.165, 1.54) is 12.1 Å². The van der Waals surface area contributed by atoms with Crippen molar-refractivity contribution in [3.63, 3.8) is 0 Å². The Morgan fingerprint density at radius 3 is 2.56 bits per heavy atom. The Labute approximate surface area is 105 Å². The van der Waals surface area contributed by atoms with Crippen molar-refractivity contribution < 1.29 is 9.13 Å². The highest BCUT2D eigenvalue weighted by Crippen LogP contribution is 2.30. The van der Waals surface area contributed by atoms with E-state index in [2.05, 4.69) is 0 Å². The molecular weight excluding hydrogens is 231 g/mol. The van der Waals surface area contributed by atoms with Gasteiger partial charge in [-0.25, -0.2) is 4.39 Å². The van der Waals surface area contributed by atoms with Crippen LogP contribution in [0.5, 0.6) is 11.5 Å².